The average Bonchev–Trinajstić information content (AvgIpc) is 3.33. The van der Waals surface area contributed by atoms with E-state index in [-0.39, 0.29) is 17.6 Å². The van der Waals surface area contributed by atoms with E-state index in [1.807, 2.05) is 37.4 Å². The van der Waals surface area contributed by atoms with Crippen LogP contribution in [-0.2, 0) is 11.2 Å². The molecule has 0 radical (unpaired) electrons. The van der Waals surface area contributed by atoms with Crippen molar-refractivity contribution >= 4 is 28.3 Å². The summed E-state index contributed by atoms with van der Waals surface area (Å²) in [4.78, 5) is 19.6. The lowest BCUT2D eigenvalue weighted by Gasteiger charge is -2.25. The van der Waals surface area contributed by atoms with Crippen molar-refractivity contribution in [3.63, 3.8) is 0 Å². The number of hydrogen-bond donors (Lipinski definition) is 0. The number of benzene rings is 2. The zero-order chi connectivity index (χ0) is 21.5. The Morgan fingerprint density at radius 2 is 1.84 bits per heavy atom. The molecule has 1 saturated carbocycles. The van der Waals surface area contributed by atoms with Gasteiger partial charge in [0.25, 0.3) is 0 Å². The van der Waals surface area contributed by atoms with Crippen LogP contribution in [0.2, 0.25) is 5.02 Å². The van der Waals surface area contributed by atoms with E-state index in [1.54, 1.807) is 12.1 Å². The number of carbonyl (C=O) groups is 1. The van der Waals surface area contributed by atoms with E-state index in [9.17, 15) is 9.18 Å². The molecular formula is C26H26ClFN2O. The number of rotatable bonds is 5. The van der Waals surface area contributed by atoms with Crippen LogP contribution >= 0.6 is 11.6 Å². The van der Waals surface area contributed by atoms with Gasteiger partial charge in [0.1, 0.15) is 5.82 Å². The number of fused-ring (bicyclic) bond motifs is 2. The third kappa shape index (κ3) is 4.11. The molecule has 1 aliphatic heterocycles. The van der Waals surface area contributed by atoms with E-state index in [0.29, 0.717) is 29.2 Å². The molecule has 5 heteroatoms. The largest absolute Gasteiger partial charge is 0.298 e. The maximum absolute atomic E-state index is 13.9. The Kier molecular flexibility index (Phi) is 5.53. The second kappa shape index (κ2) is 8.33. The number of carbonyl (C=O) groups excluding carboxylic acids is 1. The Balaban J connectivity index is 1.24. The molecule has 31 heavy (non-hydrogen) atoms. The van der Waals surface area contributed by atoms with Gasteiger partial charge in [-0.25, -0.2) is 4.39 Å². The van der Waals surface area contributed by atoms with E-state index in [0.717, 1.165) is 42.4 Å². The molecule has 0 N–H and O–H groups in total. The van der Waals surface area contributed by atoms with Crippen LogP contribution in [0.1, 0.15) is 36.8 Å². The molecule has 0 bridgehead atoms. The second-order valence-electron chi connectivity index (χ2n) is 9.15. The summed E-state index contributed by atoms with van der Waals surface area (Å²) in [5.74, 6) is 1.67. The zero-order valence-corrected chi connectivity index (χ0v) is 18.4. The van der Waals surface area contributed by atoms with Crippen molar-refractivity contribution in [3.05, 3.63) is 76.7 Å². The summed E-state index contributed by atoms with van der Waals surface area (Å²) in [5.41, 5.74) is 3.09. The maximum atomic E-state index is 13.9. The minimum absolute atomic E-state index is 0.0735. The number of aromatic nitrogens is 1. The van der Waals surface area contributed by atoms with E-state index in [4.69, 9.17) is 11.6 Å². The first-order valence-corrected chi connectivity index (χ1v) is 11.4. The van der Waals surface area contributed by atoms with Crippen molar-refractivity contribution in [2.24, 2.45) is 11.8 Å². The van der Waals surface area contributed by atoms with Crippen molar-refractivity contribution in [2.45, 2.75) is 38.1 Å². The highest BCUT2D eigenvalue weighted by Gasteiger charge is 2.43. The molecule has 4 atom stereocenters. The van der Waals surface area contributed by atoms with Crippen LogP contribution in [0.25, 0.3) is 10.9 Å². The first kappa shape index (κ1) is 20.6. The van der Waals surface area contributed by atoms with Crippen LogP contribution in [0, 0.1) is 17.7 Å². The Hall–Kier alpha value is -2.30. The number of nitrogens with zero attached hydrogens (tertiary/aromatic N) is 2. The standard InChI is InChI=1S/C26H26ClFN2O/c1-16(26(31)10-17-2-4-21(27)5-3-17)30-14-19-11-18(12-20(19)15-30)23-8-9-29-25-7-6-22(28)13-24(23)25/h2-9,13,16,18-20H,10-12,14-15H2,1H3/t16?,18?,19-,20+. The van der Waals surface area contributed by atoms with Crippen molar-refractivity contribution in [3.8, 4) is 0 Å². The minimum Gasteiger partial charge on any atom is -0.298 e. The fraction of sp³-hybridized carbons (Fsp3) is 0.385. The van der Waals surface area contributed by atoms with Gasteiger partial charge in [0, 0.05) is 36.1 Å². The normalized spacial score (nSPS) is 24.4. The van der Waals surface area contributed by atoms with E-state index < -0.39 is 0 Å². The van der Waals surface area contributed by atoms with Crippen LogP contribution in [0.3, 0.4) is 0 Å². The topological polar surface area (TPSA) is 33.2 Å². The molecule has 2 fully saturated rings. The Morgan fingerprint density at radius 1 is 1.13 bits per heavy atom. The lowest BCUT2D eigenvalue weighted by molar-refractivity contribution is -0.122. The summed E-state index contributed by atoms with van der Waals surface area (Å²) < 4.78 is 13.9. The first-order valence-electron chi connectivity index (χ1n) is 11.0. The quantitative estimate of drug-likeness (QED) is 0.518. The molecule has 5 rings (SSSR count). The molecule has 1 aliphatic carbocycles. The summed E-state index contributed by atoms with van der Waals surface area (Å²) >= 11 is 5.95. The summed E-state index contributed by atoms with van der Waals surface area (Å²) in [5, 5.41) is 1.63. The third-order valence-electron chi connectivity index (χ3n) is 7.26. The van der Waals surface area contributed by atoms with E-state index >= 15 is 0 Å². The minimum atomic E-state index is -0.209. The number of likely N-dealkylation sites (tertiary alicyclic amines) is 1. The van der Waals surface area contributed by atoms with E-state index in [2.05, 4.69) is 16.0 Å². The summed E-state index contributed by atoms with van der Waals surface area (Å²) in [7, 11) is 0. The molecule has 1 saturated heterocycles. The monoisotopic (exact) mass is 436 g/mol. The molecule has 2 heterocycles. The highest BCUT2D eigenvalue weighted by molar-refractivity contribution is 6.30. The predicted octanol–water partition coefficient (Wildman–Crippen LogP) is 5.65. The molecule has 2 aliphatic rings. The molecule has 0 spiro atoms. The van der Waals surface area contributed by atoms with Gasteiger partial charge in [0.2, 0.25) is 0 Å². The van der Waals surface area contributed by atoms with Crippen molar-refractivity contribution in [1.82, 2.24) is 9.88 Å². The van der Waals surface area contributed by atoms with Gasteiger partial charge in [-0.15, -0.1) is 0 Å². The molecular weight excluding hydrogens is 411 g/mol. The predicted molar refractivity (Wildman–Crippen MR) is 122 cm³/mol. The zero-order valence-electron chi connectivity index (χ0n) is 17.6. The molecule has 2 aromatic carbocycles. The Morgan fingerprint density at radius 3 is 2.55 bits per heavy atom. The summed E-state index contributed by atoms with van der Waals surface area (Å²) in [6.07, 6.45) is 4.47. The number of halogens is 2. The van der Waals surface area contributed by atoms with Crippen molar-refractivity contribution in [1.29, 1.82) is 0 Å². The van der Waals surface area contributed by atoms with Gasteiger partial charge in [-0.2, -0.15) is 0 Å². The SMILES string of the molecule is CC(C(=O)Cc1ccc(Cl)cc1)N1C[C@H]2CC(c3ccnc4ccc(F)cc34)C[C@H]2C1. The van der Waals surface area contributed by atoms with Gasteiger partial charge in [0.05, 0.1) is 11.6 Å². The molecule has 1 aromatic heterocycles. The van der Waals surface area contributed by atoms with Gasteiger partial charge in [-0.1, -0.05) is 23.7 Å². The first-order chi connectivity index (χ1) is 15.0. The highest BCUT2D eigenvalue weighted by atomic mass is 35.5. The molecule has 160 valence electrons. The highest BCUT2D eigenvalue weighted by Crippen LogP contribution is 2.47. The van der Waals surface area contributed by atoms with Gasteiger partial charge >= 0.3 is 0 Å². The van der Waals surface area contributed by atoms with Crippen LogP contribution in [-0.4, -0.2) is 34.8 Å². The Labute approximate surface area is 187 Å². The molecule has 0 amide bonds. The van der Waals surface area contributed by atoms with Crippen LogP contribution < -0.4 is 0 Å². The van der Waals surface area contributed by atoms with Crippen LogP contribution in [0.5, 0.6) is 0 Å². The van der Waals surface area contributed by atoms with Crippen molar-refractivity contribution in [2.75, 3.05) is 13.1 Å². The van der Waals surface area contributed by atoms with Gasteiger partial charge in [-0.3, -0.25) is 14.7 Å². The maximum Gasteiger partial charge on any atom is 0.154 e. The lowest BCUT2D eigenvalue weighted by atomic mass is 9.92. The van der Waals surface area contributed by atoms with Crippen LogP contribution in [0.15, 0.2) is 54.7 Å². The van der Waals surface area contributed by atoms with Gasteiger partial charge in [0.15, 0.2) is 5.78 Å². The Bertz CT molecular complexity index is 1100. The van der Waals surface area contributed by atoms with Gasteiger partial charge in [-0.05, 0) is 85.0 Å². The number of ketones is 1. The van der Waals surface area contributed by atoms with E-state index in [1.165, 1.54) is 11.6 Å². The molecule has 3 aromatic rings. The molecule has 3 nitrogen and oxygen atoms in total. The van der Waals surface area contributed by atoms with Crippen molar-refractivity contribution < 1.29 is 9.18 Å². The fourth-order valence-electron chi connectivity index (χ4n) is 5.56. The lowest BCUT2D eigenvalue weighted by Crippen LogP contribution is -2.38. The average molecular weight is 437 g/mol. The number of hydrogen-bond acceptors (Lipinski definition) is 3. The number of pyridine rings is 1. The second-order valence-corrected chi connectivity index (χ2v) is 9.59. The van der Waals surface area contributed by atoms with Crippen LogP contribution in [0.4, 0.5) is 4.39 Å². The summed E-state index contributed by atoms with van der Waals surface area (Å²) in [6, 6.07) is 14.4. The summed E-state index contributed by atoms with van der Waals surface area (Å²) in [6.45, 7) is 3.97. The fourth-order valence-corrected chi connectivity index (χ4v) is 5.68. The smallest absolute Gasteiger partial charge is 0.154 e. The third-order valence-corrected chi connectivity index (χ3v) is 7.51. The molecule has 2 unspecified atom stereocenters. The number of Topliss-reactive ketones (excluding diaryl/α,β-unsaturated/α-hetero) is 1. The van der Waals surface area contributed by atoms with Gasteiger partial charge < -0.3 is 0 Å².